The molecule has 5 heteroatoms. The number of nitrogens with two attached hydrogens (primary N) is 1. The molecule has 0 radical (unpaired) electrons. The first-order valence-electron chi connectivity index (χ1n) is 6.30. The van der Waals surface area contributed by atoms with Crippen LogP contribution in [0.25, 0.3) is 0 Å². The highest BCUT2D eigenvalue weighted by Gasteiger charge is 2.24. The zero-order chi connectivity index (χ0) is 13.5. The van der Waals surface area contributed by atoms with Crippen LogP contribution >= 0.6 is 11.3 Å². The predicted octanol–water partition coefficient (Wildman–Crippen LogP) is 1.59. The zero-order valence-electron chi connectivity index (χ0n) is 11.3. The minimum absolute atomic E-state index is 0.0665. The third-order valence-corrected chi connectivity index (χ3v) is 4.10. The number of rotatable bonds is 7. The van der Waals surface area contributed by atoms with E-state index in [4.69, 9.17) is 5.73 Å². The minimum Gasteiger partial charge on any atom is -0.359 e. The van der Waals surface area contributed by atoms with E-state index in [0.29, 0.717) is 6.42 Å². The Kier molecular flexibility index (Phi) is 6.32. The van der Waals surface area contributed by atoms with Gasteiger partial charge in [-0.1, -0.05) is 13.0 Å². The number of thiophene rings is 1. The van der Waals surface area contributed by atoms with Gasteiger partial charge in [-0.2, -0.15) is 0 Å². The van der Waals surface area contributed by atoms with Crippen molar-refractivity contribution in [1.29, 1.82) is 0 Å². The molecule has 0 aliphatic heterocycles. The number of amides is 1. The summed E-state index contributed by atoms with van der Waals surface area (Å²) in [6.45, 7) is 2.81. The van der Waals surface area contributed by atoms with Gasteiger partial charge in [0.2, 0.25) is 5.91 Å². The Morgan fingerprint density at radius 2 is 2.33 bits per heavy atom. The average molecular weight is 269 g/mol. The molecule has 0 bridgehead atoms. The molecule has 102 valence electrons. The van der Waals surface area contributed by atoms with E-state index >= 15 is 0 Å². The Labute approximate surface area is 113 Å². The van der Waals surface area contributed by atoms with Gasteiger partial charge in [-0.25, -0.2) is 0 Å². The molecule has 18 heavy (non-hydrogen) atoms. The van der Waals surface area contributed by atoms with Crippen molar-refractivity contribution in [3.05, 3.63) is 22.4 Å². The largest absolute Gasteiger partial charge is 0.359 e. The van der Waals surface area contributed by atoms with Crippen LogP contribution in [0.4, 0.5) is 0 Å². The molecule has 1 heterocycles. The van der Waals surface area contributed by atoms with Gasteiger partial charge in [0.15, 0.2) is 0 Å². The SMILES string of the molecule is CCC(N)C(c1cccs1)N(C)CCC(=O)NC. The van der Waals surface area contributed by atoms with Gasteiger partial charge in [0.25, 0.3) is 0 Å². The summed E-state index contributed by atoms with van der Waals surface area (Å²) >= 11 is 1.72. The highest BCUT2D eigenvalue weighted by molar-refractivity contribution is 7.10. The molecule has 2 unspecified atom stereocenters. The lowest BCUT2D eigenvalue weighted by atomic mass is 10.0. The van der Waals surface area contributed by atoms with Gasteiger partial charge in [0.1, 0.15) is 0 Å². The first kappa shape index (κ1) is 15.1. The molecule has 0 fully saturated rings. The fourth-order valence-electron chi connectivity index (χ4n) is 1.98. The summed E-state index contributed by atoms with van der Waals surface area (Å²) in [5, 5.41) is 4.71. The van der Waals surface area contributed by atoms with Gasteiger partial charge in [-0.15, -0.1) is 11.3 Å². The number of nitrogens with one attached hydrogen (secondary N) is 1. The third kappa shape index (κ3) is 4.08. The van der Waals surface area contributed by atoms with E-state index in [9.17, 15) is 4.79 Å². The van der Waals surface area contributed by atoms with E-state index in [1.807, 2.05) is 13.1 Å². The molecule has 1 rings (SSSR count). The van der Waals surface area contributed by atoms with E-state index in [-0.39, 0.29) is 18.0 Å². The molecular weight excluding hydrogens is 246 g/mol. The second-order valence-corrected chi connectivity index (χ2v) is 5.42. The molecule has 1 aromatic heterocycles. The van der Waals surface area contributed by atoms with Crippen LogP contribution in [-0.4, -0.2) is 37.5 Å². The highest BCUT2D eigenvalue weighted by Crippen LogP contribution is 2.27. The van der Waals surface area contributed by atoms with Gasteiger partial charge >= 0.3 is 0 Å². The number of nitrogens with zero attached hydrogens (tertiary/aromatic N) is 1. The lowest BCUT2D eigenvalue weighted by molar-refractivity contribution is -0.121. The molecule has 3 N–H and O–H groups in total. The molecular formula is C13H23N3OS. The maximum Gasteiger partial charge on any atom is 0.221 e. The summed E-state index contributed by atoms with van der Waals surface area (Å²) in [7, 11) is 3.69. The van der Waals surface area contributed by atoms with Crippen LogP contribution in [0.15, 0.2) is 17.5 Å². The molecule has 0 saturated carbocycles. The third-order valence-electron chi connectivity index (χ3n) is 3.16. The van der Waals surface area contributed by atoms with Gasteiger partial charge in [0.05, 0.1) is 6.04 Å². The lowest BCUT2D eigenvalue weighted by Gasteiger charge is -2.31. The average Bonchev–Trinajstić information content (AvgIpc) is 2.89. The number of likely N-dealkylation sites (N-methyl/N-ethyl adjacent to an activating group) is 1. The zero-order valence-corrected chi connectivity index (χ0v) is 12.2. The first-order valence-corrected chi connectivity index (χ1v) is 7.17. The molecule has 0 spiro atoms. The summed E-state index contributed by atoms with van der Waals surface area (Å²) in [6, 6.07) is 4.45. The summed E-state index contributed by atoms with van der Waals surface area (Å²) in [4.78, 5) is 14.7. The van der Waals surface area contributed by atoms with Crippen LogP contribution in [0.3, 0.4) is 0 Å². The summed E-state index contributed by atoms with van der Waals surface area (Å²) in [5.41, 5.74) is 6.21. The molecule has 2 atom stereocenters. The van der Waals surface area contributed by atoms with Crippen molar-refractivity contribution in [1.82, 2.24) is 10.2 Å². The standard InChI is InChI=1S/C13H23N3OS/c1-4-10(14)13(11-6-5-9-18-11)16(3)8-7-12(17)15-2/h5-6,9-10,13H,4,7-8,14H2,1-3H3,(H,15,17). The maximum atomic E-state index is 11.3. The quantitative estimate of drug-likeness (QED) is 0.790. The summed E-state index contributed by atoms with van der Waals surface area (Å²) in [5.74, 6) is 0.0665. The molecule has 1 aromatic rings. The molecule has 0 aromatic carbocycles. The van der Waals surface area contributed by atoms with Crippen molar-refractivity contribution >= 4 is 17.2 Å². The molecule has 1 amide bonds. The van der Waals surface area contributed by atoms with E-state index in [0.717, 1.165) is 13.0 Å². The molecule has 0 aliphatic rings. The second-order valence-electron chi connectivity index (χ2n) is 4.44. The van der Waals surface area contributed by atoms with E-state index in [2.05, 4.69) is 28.6 Å². The maximum absolute atomic E-state index is 11.3. The van der Waals surface area contributed by atoms with Gasteiger partial charge in [-0.3, -0.25) is 9.69 Å². The van der Waals surface area contributed by atoms with Crippen LogP contribution in [0.1, 0.15) is 30.7 Å². The first-order chi connectivity index (χ1) is 8.60. The van der Waals surface area contributed by atoms with Crippen molar-refractivity contribution in [2.45, 2.75) is 31.8 Å². The molecule has 4 nitrogen and oxygen atoms in total. The van der Waals surface area contributed by atoms with E-state index in [1.165, 1.54) is 4.88 Å². The normalized spacial score (nSPS) is 14.5. The Hall–Kier alpha value is -0.910. The Bertz CT molecular complexity index is 353. The number of hydrogen-bond donors (Lipinski definition) is 2. The number of carbonyl (C=O) groups excluding carboxylic acids is 1. The smallest absolute Gasteiger partial charge is 0.221 e. The van der Waals surface area contributed by atoms with E-state index < -0.39 is 0 Å². The van der Waals surface area contributed by atoms with Gasteiger partial charge in [0, 0.05) is 30.9 Å². The minimum atomic E-state index is 0.0665. The van der Waals surface area contributed by atoms with Gasteiger partial charge in [-0.05, 0) is 24.9 Å². The number of carbonyl (C=O) groups is 1. The van der Waals surface area contributed by atoms with Crippen LogP contribution in [0.2, 0.25) is 0 Å². The van der Waals surface area contributed by atoms with Crippen molar-refractivity contribution in [2.75, 3.05) is 20.6 Å². The van der Waals surface area contributed by atoms with Crippen molar-refractivity contribution in [3.63, 3.8) is 0 Å². The van der Waals surface area contributed by atoms with Crippen molar-refractivity contribution < 1.29 is 4.79 Å². The van der Waals surface area contributed by atoms with Crippen LogP contribution in [0.5, 0.6) is 0 Å². The second kappa shape index (κ2) is 7.51. The highest BCUT2D eigenvalue weighted by atomic mass is 32.1. The van der Waals surface area contributed by atoms with Crippen LogP contribution < -0.4 is 11.1 Å². The van der Waals surface area contributed by atoms with Crippen LogP contribution in [-0.2, 0) is 4.79 Å². The fraction of sp³-hybridized carbons (Fsp3) is 0.615. The monoisotopic (exact) mass is 269 g/mol. The number of hydrogen-bond acceptors (Lipinski definition) is 4. The topological polar surface area (TPSA) is 58.4 Å². The lowest BCUT2D eigenvalue weighted by Crippen LogP contribution is -2.39. The van der Waals surface area contributed by atoms with Crippen molar-refractivity contribution in [2.24, 2.45) is 5.73 Å². The van der Waals surface area contributed by atoms with Gasteiger partial charge < -0.3 is 11.1 Å². The predicted molar refractivity (Wildman–Crippen MR) is 76.6 cm³/mol. The molecule has 0 saturated heterocycles. The Morgan fingerprint density at radius 1 is 1.61 bits per heavy atom. The summed E-state index contributed by atoms with van der Waals surface area (Å²) in [6.07, 6.45) is 1.43. The van der Waals surface area contributed by atoms with Crippen molar-refractivity contribution in [3.8, 4) is 0 Å². The summed E-state index contributed by atoms with van der Waals surface area (Å²) < 4.78 is 0. The molecule has 0 aliphatic carbocycles. The Morgan fingerprint density at radius 3 is 2.83 bits per heavy atom. The fourth-order valence-corrected chi connectivity index (χ4v) is 2.95. The Balaban J connectivity index is 2.68. The van der Waals surface area contributed by atoms with Crippen LogP contribution in [0, 0.1) is 0 Å². The van der Waals surface area contributed by atoms with E-state index in [1.54, 1.807) is 18.4 Å².